The second kappa shape index (κ2) is 9.00. The molecule has 3 heterocycles. The van der Waals surface area contributed by atoms with Crippen LogP contribution < -0.4 is 0 Å². The third-order valence-electron chi connectivity index (χ3n) is 5.24. The first-order chi connectivity index (χ1) is 14.1. The van der Waals surface area contributed by atoms with Gasteiger partial charge in [-0.05, 0) is 12.1 Å². The van der Waals surface area contributed by atoms with Crippen molar-refractivity contribution in [3.8, 4) is 0 Å². The van der Waals surface area contributed by atoms with Gasteiger partial charge in [0.1, 0.15) is 11.3 Å². The Morgan fingerprint density at radius 3 is 2.72 bits per heavy atom. The number of hydrogen-bond acceptors (Lipinski definition) is 6. The van der Waals surface area contributed by atoms with E-state index < -0.39 is 0 Å². The molecule has 1 saturated heterocycles. The van der Waals surface area contributed by atoms with E-state index in [2.05, 4.69) is 39.5 Å². The lowest BCUT2D eigenvalue weighted by molar-refractivity contribution is -0.130. The van der Waals surface area contributed by atoms with E-state index in [9.17, 15) is 4.79 Å². The number of rotatable bonds is 7. The molecule has 1 fully saturated rings. The van der Waals surface area contributed by atoms with Gasteiger partial charge < -0.3 is 13.9 Å². The van der Waals surface area contributed by atoms with Crippen LogP contribution in [-0.4, -0.2) is 68.7 Å². The summed E-state index contributed by atoms with van der Waals surface area (Å²) < 4.78 is 7.92. The van der Waals surface area contributed by atoms with Gasteiger partial charge in [-0.15, -0.1) is 0 Å². The van der Waals surface area contributed by atoms with Gasteiger partial charge in [-0.1, -0.05) is 37.7 Å². The van der Waals surface area contributed by atoms with Crippen molar-refractivity contribution >= 4 is 28.8 Å². The molecule has 1 aromatic carbocycles. The summed E-state index contributed by atoms with van der Waals surface area (Å²) in [5.74, 6) is 2.07. The molecule has 8 heteroatoms. The number of para-hydroxylation sites is 2. The number of amides is 1. The molecule has 0 unspecified atom stereocenters. The first-order valence-electron chi connectivity index (χ1n) is 10.1. The molecule has 0 radical (unpaired) electrons. The topological polar surface area (TPSA) is 67.4 Å². The van der Waals surface area contributed by atoms with Gasteiger partial charge in [0.2, 0.25) is 5.91 Å². The van der Waals surface area contributed by atoms with Crippen molar-refractivity contribution in [3.05, 3.63) is 42.5 Å². The smallest absolute Gasteiger partial charge is 0.257 e. The minimum absolute atomic E-state index is 0.147. The maximum atomic E-state index is 12.6. The highest BCUT2D eigenvalue weighted by atomic mass is 32.2. The van der Waals surface area contributed by atoms with Crippen LogP contribution >= 0.6 is 11.8 Å². The number of benzene rings is 1. The number of carbonyl (C=O) groups excluding carboxylic acids is 1. The first-order valence-corrected chi connectivity index (χ1v) is 11.1. The van der Waals surface area contributed by atoms with Crippen LogP contribution in [0.2, 0.25) is 0 Å². The van der Waals surface area contributed by atoms with Crippen molar-refractivity contribution in [2.75, 3.05) is 38.5 Å². The zero-order valence-corrected chi connectivity index (χ0v) is 17.8. The Balaban J connectivity index is 1.21. The Morgan fingerprint density at radius 1 is 1.17 bits per heavy atom. The number of carbonyl (C=O) groups is 1. The first kappa shape index (κ1) is 20.0. The Kier molecular flexibility index (Phi) is 6.20. The summed E-state index contributed by atoms with van der Waals surface area (Å²) in [6.07, 6.45) is 3.93. The summed E-state index contributed by atoms with van der Waals surface area (Å²) in [4.78, 5) is 25.8. The van der Waals surface area contributed by atoms with E-state index in [1.807, 2.05) is 35.4 Å². The highest BCUT2D eigenvalue weighted by molar-refractivity contribution is 7.99. The molecule has 1 aliphatic rings. The monoisotopic (exact) mass is 413 g/mol. The van der Waals surface area contributed by atoms with Gasteiger partial charge in [0.15, 0.2) is 5.58 Å². The molecular formula is C21H27N5O2S. The zero-order chi connectivity index (χ0) is 20.2. The summed E-state index contributed by atoms with van der Waals surface area (Å²) in [5.41, 5.74) is 1.59. The Labute approximate surface area is 175 Å². The van der Waals surface area contributed by atoms with E-state index >= 15 is 0 Å². The Morgan fingerprint density at radius 2 is 1.97 bits per heavy atom. The molecule has 4 rings (SSSR count). The van der Waals surface area contributed by atoms with Crippen LogP contribution in [0.25, 0.3) is 11.1 Å². The second-order valence-electron chi connectivity index (χ2n) is 7.59. The van der Waals surface area contributed by atoms with Crippen LogP contribution in [0.4, 0.5) is 0 Å². The van der Waals surface area contributed by atoms with Crippen LogP contribution in [0.15, 0.2) is 46.3 Å². The number of thioether (sulfide) groups is 1. The maximum absolute atomic E-state index is 12.6. The second-order valence-corrected chi connectivity index (χ2v) is 8.52. The molecule has 29 heavy (non-hydrogen) atoms. The molecule has 0 aliphatic carbocycles. The minimum Gasteiger partial charge on any atom is -0.431 e. The predicted octanol–water partition coefficient (Wildman–Crippen LogP) is 3.08. The average molecular weight is 414 g/mol. The normalized spacial score (nSPS) is 15.5. The van der Waals surface area contributed by atoms with Crippen molar-refractivity contribution < 1.29 is 9.21 Å². The largest absolute Gasteiger partial charge is 0.431 e. The summed E-state index contributed by atoms with van der Waals surface area (Å²) in [7, 11) is 0. The van der Waals surface area contributed by atoms with Crippen molar-refractivity contribution in [2.24, 2.45) is 0 Å². The fourth-order valence-corrected chi connectivity index (χ4v) is 4.35. The third-order valence-corrected chi connectivity index (χ3v) is 6.05. The molecule has 2 aromatic heterocycles. The summed E-state index contributed by atoms with van der Waals surface area (Å²) in [6.45, 7) is 9.62. The number of hydrogen-bond donors (Lipinski definition) is 0. The van der Waals surface area contributed by atoms with Crippen molar-refractivity contribution in [1.29, 1.82) is 0 Å². The highest BCUT2D eigenvalue weighted by Crippen LogP contribution is 2.23. The van der Waals surface area contributed by atoms with E-state index in [0.717, 1.165) is 56.2 Å². The van der Waals surface area contributed by atoms with Crippen LogP contribution in [0.5, 0.6) is 0 Å². The number of fused-ring (bicyclic) bond motifs is 1. The lowest BCUT2D eigenvalue weighted by Crippen LogP contribution is -2.49. The molecule has 0 atom stereocenters. The van der Waals surface area contributed by atoms with Gasteiger partial charge in [-0.3, -0.25) is 9.69 Å². The van der Waals surface area contributed by atoms with E-state index in [4.69, 9.17) is 4.42 Å². The third kappa shape index (κ3) is 4.82. The van der Waals surface area contributed by atoms with E-state index in [-0.39, 0.29) is 5.91 Å². The number of nitrogens with zero attached hydrogens (tertiary/aromatic N) is 5. The molecule has 0 bridgehead atoms. The van der Waals surface area contributed by atoms with E-state index in [0.29, 0.717) is 16.9 Å². The SMILES string of the molecule is CC(C)c1nccn1CCN1CCN(C(=O)CSc2nc3ccccc3o2)CC1. The maximum Gasteiger partial charge on any atom is 0.257 e. The fourth-order valence-electron chi connectivity index (χ4n) is 3.61. The molecule has 0 saturated carbocycles. The van der Waals surface area contributed by atoms with Gasteiger partial charge in [-0.2, -0.15) is 0 Å². The Hall–Kier alpha value is -2.32. The number of oxazole rings is 1. The highest BCUT2D eigenvalue weighted by Gasteiger charge is 2.22. The lowest BCUT2D eigenvalue weighted by atomic mass is 10.2. The summed E-state index contributed by atoms with van der Waals surface area (Å²) in [6, 6.07) is 7.66. The standard InChI is InChI=1S/C21H27N5O2S/c1-16(2)20-22-7-8-26(20)14-11-24-9-12-25(13-10-24)19(27)15-29-21-23-17-5-3-4-6-18(17)28-21/h3-8,16H,9-15H2,1-2H3. The molecule has 1 aliphatic heterocycles. The minimum atomic E-state index is 0.147. The average Bonchev–Trinajstić information content (AvgIpc) is 3.37. The molecule has 7 nitrogen and oxygen atoms in total. The van der Waals surface area contributed by atoms with Gasteiger partial charge in [-0.25, -0.2) is 9.97 Å². The van der Waals surface area contributed by atoms with Gasteiger partial charge >= 0.3 is 0 Å². The van der Waals surface area contributed by atoms with Crippen LogP contribution in [-0.2, 0) is 11.3 Å². The summed E-state index contributed by atoms with van der Waals surface area (Å²) in [5, 5.41) is 0.555. The molecule has 0 N–H and O–H groups in total. The molecule has 3 aromatic rings. The van der Waals surface area contributed by atoms with Crippen molar-refractivity contribution in [2.45, 2.75) is 31.5 Å². The summed E-state index contributed by atoms with van der Waals surface area (Å²) >= 11 is 1.37. The van der Waals surface area contributed by atoms with Gasteiger partial charge in [0.25, 0.3) is 5.22 Å². The van der Waals surface area contributed by atoms with Crippen LogP contribution in [0.3, 0.4) is 0 Å². The van der Waals surface area contributed by atoms with Crippen LogP contribution in [0, 0.1) is 0 Å². The van der Waals surface area contributed by atoms with Gasteiger partial charge in [0, 0.05) is 57.6 Å². The van der Waals surface area contributed by atoms with E-state index in [1.165, 1.54) is 11.8 Å². The molecule has 1 amide bonds. The molecule has 154 valence electrons. The van der Waals surface area contributed by atoms with Crippen molar-refractivity contribution in [1.82, 2.24) is 24.3 Å². The number of piperazine rings is 1. The molecule has 0 spiro atoms. The van der Waals surface area contributed by atoms with Gasteiger partial charge in [0.05, 0.1) is 5.75 Å². The number of aromatic nitrogens is 3. The molecular weight excluding hydrogens is 386 g/mol. The zero-order valence-electron chi connectivity index (χ0n) is 17.0. The van der Waals surface area contributed by atoms with E-state index in [1.54, 1.807) is 0 Å². The lowest BCUT2D eigenvalue weighted by Gasteiger charge is -2.34. The van der Waals surface area contributed by atoms with Crippen LogP contribution in [0.1, 0.15) is 25.6 Å². The quantitative estimate of drug-likeness (QED) is 0.555. The van der Waals surface area contributed by atoms with Crippen molar-refractivity contribution in [3.63, 3.8) is 0 Å². The Bertz CT molecular complexity index is 926. The number of imidazole rings is 1. The predicted molar refractivity (Wildman–Crippen MR) is 114 cm³/mol. The fraction of sp³-hybridized carbons (Fsp3) is 0.476.